The molecule has 98 valence electrons. The number of carboxylic acid groups (broad SMARTS) is 1. The molecule has 1 aromatic carbocycles. The van der Waals surface area contributed by atoms with Crippen LogP contribution >= 0.6 is 27.7 Å². The zero-order chi connectivity index (χ0) is 14.0. The highest BCUT2D eigenvalue weighted by molar-refractivity contribution is 9.10. The molecule has 1 aromatic heterocycles. The van der Waals surface area contributed by atoms with Crippen molar-refractivity contribution in [2.24, 2.45) is 0 Å². The summed E-state index contributed by atoms with van der Waals surface area (Å²) in [4.78, 5) is 20.1. The van der Waals surface area contributed by atoms with Crippen LogP contribution in [0.25, 0.3) is 0 Å². The van der Waals surface area contributed by atoms with Crippen LogP contribution < -0.4 is 5.73 Å². The second-order valence-electron chi connectivity index (χ2n) is 3.76. The van der Waals surface area contributed by atoms with Crippen molar-refractivity contribution >= 4 is 39.3 Å². The van der Waals surface area contributed by atoms with Crippen LogP contribution in [-0.4, -0.2) is 21.0 Å². The minimum atomic E-state index is -1.06. The van der Waals surface area contributed by atoms with Crippen LogP contribution in [-0.2, 0) is 0 Å². The fourth-order valence-corrected chi connectivity index (χ4v) is 2.84. The Hall–Kier alpha value is -1.60. The van der Waals surface area contributed by atoms with Crippen LogP contribution in [0.2, 0.25) is 0 Å². The number of anilines is 1. The van der Waals surface area contributed by atoms with Gasteiger partial charge in [-0.25, -0.2) is 14.8 Å². The molecule has 0 radical (unpaired) electrons. The molecule has 0 atom stereocenters. The molecule has 0 aliphatic carbocycles. The first-order valence-corrected chi connectivity index (χ1v) is 6.88. The van der Waals surface area contributed by atoms with E-state index in [1.807, 2.05) is 6.92 Å². The number of carboxylic acids is 1. The van der Waals surface area contributed by atoms with Gasteiger partial charge in [0, 0.05) is 26.9 Å². The third kappa shape index (κ3) is 3.24. The lowest BCUT2D eigenvalue weighted by molar-refractivity contribution is 0.0698. The van der Waals surface area contributed by atoms with Crippen LogP contribution in [0.1, 0.15) is 16.1 Å². The van der Waals surface area contributed by atoms with Gasteiger partial charge in [0.05, 0.1) is 5.56 Å². The molecule has 0 amide bonds. The first-order chi connectivity index (χ1) is 8.97. The van der Waals surface area contributed by atoms with Crippen molar-refractivity contribution in [3.8, 4) is 0 Å². The first-order valence-electron chi connectivity index (χ1n) is 5.27. The molecule has 0 saturated carbocycles. The van der Waals surface area contributed by atoms with Gasteiger partial charge < -0.3 is 10.8 Å². The number of hydrogen-bond acceptors (Lipinski definition) is 5. The van der Waals surface area contributed by atoms with Crippen molar-refractivity contribution in [3.63, 3.8) is 0 Å². The number of nitrogens with two attached hydrogens (primary N) is 1. The van der Waals surface area contributed by atoms with E-state index in [1.54, 1.807) is 18.3 Å². The van der Waals surface area contributed by atoms with Crippen LogP contribution in [0, 0.1) is 6.92 Å². The fraction of sp³-hybridized carbons (Fsp3) is 0.0833. The summed E-state index contributed by atoms with van der Waals surface area (Å²) in [5, 5.41) is 9.61. The number of aromatic carboxylic acids is 1. The first kappa shape index (κ1) is 13.8. The normalized spacial score (nSPS) is 10.4. The van der Waals surface area contributed by atoms with Gasteiger partial charge in [0.2, 0.25) is 0 Å². The Morgan fingerprint density at radius 1 is 1.47 bits per heavy atom. The molecule has 19 heavy (non-hydrogen) atoms. The van der Waals surface area contributed by atoms with Crippen molar-refractivity contribution in [3.05, 3.63) is 40.1 Å². The molecule has 0 saturated heterocycles. The Labute approximate surface area is 122 Å². The molecule has 1 heterocycles. The van der Waals surface area contributed by atoms with E-state index in [2.05, 4.69) is 25.9 Å². The molecule has 3 N–H and O–H groups in total. The van der Waals surface area contributed by atoms with Gasteiger partial charge in [0.1, 0.15) is 0 Å². The summed E-state index contributed by atoms with van der Waals surface area (Å²) in [7, 11) is 0. The standard InChI is InChI=1S/C12H10BrN3O2S/c1-6-2-3-15-12(16-6)19-10-4-7(11(17)18)9(14)5-8(10)13/h2-5H,14H2,1H3,(H,17,18). The maximum atomic E-state index is 11.1. The fourth-order valence-electron chi connectivity index (χ4n) is 1.41. The molecule has 2 rings (SSSR count). The maximum Gasteiger partial charge on any atom is 0.337 e. The molecular weight excluding hydrogens is 330 g/mol. The second-order valence-corrected chi connectivity index (χ2v) is 5.62. The number of nitrogen functional groups attached to an aromatic ring is 1. The van der Waals surface area contributed by atoms with Crippen molar-refractivity contribution < 1.29 is 9.90 Å². The van der Waals surface area contributed by atoms with E-state index < -0.39 is 5.97 Å². The van der Waals surface area contributed by atoms with Gasteiger partial charge in [-0.15, -0.1) is 0 Å². The third-order valence-electron chi connectivity index (χ3n) is 2.31. The predicted molar refractivity (Wildman–Crippen MR) is 76.4 cm³/mol. The number of benzene rings is 1. The number of aryl methyl sites for hydroxylation is 1. The molecule has 0 bridgehead atoms. The Bertz CT molecular complexity index is 649. The summed E-state index contributed by atoms with van der Waals surface area (Å²) in [6, 6.07) is 4.88. The topological polar surface area (TPSA) is 89.1 Å². The van der Waals surface area contributed by atoms with E-state index in [0.29, 0.717) is 14.5 Å². The lowest BCUT2D eigenvalue weighted by atomic mass is 10.2. The highest BCUT2D eigenvalue weighted by Crippen LogP contribution is 2.34. The highest BCUT2D eigenvalue weighted by Gasteiger charge is 2.13. The van der Waals surface area contributed by atoms with Gasteiger partial charge in [-0.05, 0) is 52.8 Å². The number of hydrogen-bond donors (Lipinski definition) is 2. The van der Waals surface area contributed by atoms with Crippen LogP contribution in [0.3, 0.4) is 0 Å². The Kier molecular flexibility index (Phi) is 4.06. The molecular formula is C12H10BrN3O2S. The molecule has 0 unspecified atom stereocenters. The second kappa shape index (κ2) is 5.58. The van der Waals surface area contributed by atoms with Crippen LogP contribution in [0.4, 0.5) is 5.69 Å². The molecule has 5 nitrogen and oxygen atoms in total. The summed E-state index contributed by atoms with van der Waals surface area (Å²) in [5.41, 5.74) is 6.79. The van der Waals surface area contributed by atoms with E-state index in [4.69, 9.17) is 10.8 Å². The van der Waals surface area contributed by atoms with E-state index in [-0.39, 0.29) is 11.3 Å². The molecule has 0 aliphatic heterocycles. The van der Waals surface area contributed by atoms with Crippen molar-refractivity contribution in [2.45, 2.75) is 17.0 Å². The smallest absolute Gasteiger partial charge is 0.337 e. The van der Waals surface area contributed by atoms with E-state index >= 15 is 0 Å². The number of aromatic nitrogens is 2. The predicted octanol–water partition coefficient (Wildman–Crippen LogP) is 2.98. The zero-order valence-corrected chi connectivity index (χ0v) is 12.3. The Morgan fingerprint density at radius 2 is 2.21 bits per heavy atom. The number of halogens is 1. The SMILES string of the molecule is Cc1ccnc(Sc2cc(C(=O)O)c(N)cc2Br)n1. The zero-order valence-electron chi connectivity index (χ0n) is 9.92. The quantitative estimate of drug-likeness (QED) is 0.660. The molecule has 2 aromatic rings. The maximum absolute atomic E-state index is 11.1. The summed E-state index contributed by atoms with van der Waals surface area (Å²) >= 11 is 4.64. The lowest BCUT2D eigenvalue weighted by Gasteiger charge is -2.07. The van der Waals surface area contributed by atoms with E-state index in [0.717, 1.165) is 5.69 Å². The van der Waals surface area contributed by atoms with Crippen molar-refractivity contribution in [1.29, 1.82) is 0 Å². The van der Waals surface area contributed by atoms with Gasteiger partial charge >= 0.3 is 5.97 Å². The van der Waals surface area contributed by atoms with Crippen LogP contribution in [0.5, 0.6) is 0 Å². The summed E-state index contributed by atoms with van der Waals surface area (Å²) in [6.07, 6.45) is 1.66. The van der Waals surface area contributed by atoms with E-state index in [1.165, 1.54) is 17.8 Å². The summed E-state index contributed by atoms with van der Waals surface area (Å²) < 4.78 is 0.713. The molecule has 7 heteroatoms. The van der Waals surface area contributed by atoms with Crippen molar-refractivity contribution in [1.82, 2.24) is 9.97 Å². The van der Waals surface area contributed by atoms with Gasteiger partial charge in [-0.2, -0.15) is 0 Å². The lowest BCUT2D eigenvalue weighted by Crippen LogP contribution is -2.02. The van der Waals surface area contributed by atoms with Gasteiger partial charge in [0.15, 0.2) is 5.16 Å². The van der Waals surface area contributed by atoms with Gasteiger partial charge in [-0.1, -0.05) is 0 Å². The number of rotatable bonds is 3. The highest BCUT2D eigenvalue weighted by atomic mass is 79.9. The Balaban J connectivity index is 2.40. The van der Waals surface area contributed by atoms with Gasteiger partial charge in [0.25, 0.3) is 0 Å². The average Bonchev–Trinajstić information content (AvgIpc) is 2.32. The monoisotopic (exact) mass is 339 g/mol. The Morgan fingerprint density at radius 3 is 2.84 bits per heavy atom. The van der Waals surface area contributed by atoms with E-state index in [9.17, 15) is 4.79 Å². The molecule has 0 fully saturated rings. The minimum absolute atomic E-state index is 0.0679. The molecule has 0 aliphatic rings. The number of carbonyl (C=O) groups is 1. The minimum Gasteiger partial charge on any atom is -0.478 e. The van der Waals surface area contributed by atoms with Crippen molar-refractivity contribution in [2.75, 3.05) is 5.73 Å². The molecule has 0 spiro atoms. The largest absolute Gasteiger partial charge is 0.478 e. The van der Waals surface area contributed by atoms with Crippen LogP contribution in [0.15, 0.2) is 38.9 Å². The number of nitrogens with zero attached hydrogens (tertiary/aromatic N) is 2. The summed E-state index contributed by atoms with van der Waals surface area (Å²) in [5.74, 6) is -1.06. The van der Waals surface area contributed by atoms with Gasteiger partial charge in [-0.3, -0.25) is 0 Å². The average molecular weight is 340 g/mol. The third-order valence-corrected chi connectivity index (χ3v) is 4.16. The summed E-state index contributed by atoms with van der Waals surface area (Å²) in [6.45, 7) is 1.87.